The van der Waals surface area contributed by atoms with E-state index < -0.39 is 6.10 Å². The first-order valence-corrected chi connectivity index (χ1v) is 14.1. The minimum atomic E-state index is -0.718. The molecular formula is C32H46Cl3N5O2. The number of aliphatic hydroxyl groups is 1. The molecule has 1 atom stereocenters. The highest BCUT2D eigenvalue weighted by Crippen LogP contribution is 2.25. The van der Waals surface area contributed by atoms with Gasteiger partial charge in [-0.1, -0.05) is 31.5 Å². The number of β-amino-alcohol motifs (C(OH)–C–C–N with tert-alkyl or cyclic N) is 1. The number of nitrogens with one attached hydrogen (secondary N) is 1. The summed E-state index contributed by atoms with van der Waals surface area (Å²) in [5.41, 5.74) is 10.5. The zero-order valence-corrected chi connectivity index (χ0v) is 27.9. The number of ether oxygens (including phenoxy) is 1. The van der Waals surface area contributed by atoms with Crippen LogP contribution in [0, 0.1) is 11.3 Å². The Labute approximate surface area is 269 Å². The number of nitrogens with zero attached hydrogens (tertiary/aromatic N) is 3. The zero-order valence-electron chi connectivity index (χ0n) is 25.5. The largest absolute Gasteiger partial charge is 0.489 e. The number of rotatable bonds is 12. The fourth-order valence-corrected chi connectivity index (χ4v) is 4.25. The molecule has 0 saturated carbocycles. The van der Waals surface area contributed by atoms with E-state index in [4.69, 9.17) is 27.3 Å². The van der Waals surface area contributed by atoms with Gasteiger partial charge >= 0.3 is 0 Å². The van der Waals surface area contributed by atoms with Gasteiger partial charge < -0.3 is 20.9 Å². The highest BCUT2D eigenvalue weighted by Gasteiger charge is 2.21. The number of nitrogens with two attached hydrogens (primary N) is 1. The predicted octanol–water partition coefficient (Wildman–Crippen LogP) is 6.29. The predicted molar refractivity (Wildman–Crippen MR) is 177 cm³/mol. The molecule has 0 fully saturated rings. The first kappa shape index (κ1) is 39.6. The zero-order chi connectivity index (χ0) is 29.8. The van der Waals surface area contributed by atoms with Crippen LogP contribution in [0.4, 0.5) is 0 Å². The molecule has 2 aromatic heterocycles. The second-order valence-electron chi connectivity index (χ2n) is 11.3. The van der Waals surface area contributed by atoms with E-state index in [-0.39, 0.29) is 48.1 Å². The third kappa shape index (κ3) is 14.6. The molecule has 232 valence electrons. The molecule has 3 rings (SSSR count). The topological polar surface area (TPSA) is 117 Å². The van der Waals surface area contributed by atoms with Crippen molar-refractivity contribution < 1.29 is 9.84 Å². The Morgan fingerprint density at radius 3 is 2.02 bits per heavy atom. The van der Waals surface area contributed by atoms with Crippen LogP contribution < -0.4 is 15.8 Å². The van der Waals surface area contributed by atoms with E-state index >= 15 is 0 Å². The fourth-order valence-electron chi connectivity index (χ4n) is 4.04. The highest BCUT2D eigenvalue weighted by molar-refractivity contribution is 6.31. The van der Waals surface area contributed by atoms with Crippen LogP contribution in [-0.2, 0) is 25.7 Å². The standard InChI is InChI=1S/C21H26ClN3O2.C11H18N2.2ClH/c1-4-15-8-9-24-16(10-15)11-21(2,3)25-13-17(26)14-27-20-7-5-6-19(22)18(20)12-23;1-4-9-5-6-13-10(7-9)8-11(2,3)12;;/h5-10,17,25-26H,4,11,13-14H2,1-3H3;5-7H,4,8,12H2,1-3H3;2*1H. The van der Waals surface area contributed by atoms with E-state index in [0.717, 1.165) is 37.1 Å². The summed E-state index contributed by atoms with van der Waals surface area (Å²) in [4.78, 5) is 8.73. The van der Waals surface area contributed by atoms with Gasteiger partial charge in [-0.05, 0) is 88.1 Å². The normalized spacial score (nSPS) is 11.6. The number of aliphatic hydroxyl groups excluding tert-OH is 1. The van der Waals surface area contributed by atoms with Crippen molar-refractivity contribution in [3.05, 3.63) is 88.0 Å². The molecule has 3 aromatic rings. The van der Waals surface area contributed by atoms with Gasteiger partial charge in [-0.15, -0.1) is 24.8 Å². The van der Waals surface area contributed by atoms with Crippen molar-refractivity contribution in [3.8, 4) is 11.8 Å². The van der Waals surface area contributed by atoms with Crippen LogP contribution in [0.15, 0.2) is 54.9 Å². The van der Waals surface area contributed by atoms with Crippen molar-refractivity contribution in [1.82, 2.24) is 15.3 Å². The maximum Gasteiger partial charge on any atom is 0.138 e. The Balaban J connectivity index is 0.000000949. The first-order chi connectivity index (χ1) is 18.9. The average Bonchev–Trinajstić information content (AvgIpc) is 2.90. The molecule has 0 saturated heterocycles. The van der Waals surface area contributed by atoms with Crippen molar-refractivity contribution in [2.24, 2.45) is 5.73 Å². The minimum absolute atomic E-state index is 0. The number of nitriles is 1. The number of hydrogen-bond donors (Lipinski definition) is 3. The minimum Gasteiger partial charge on any atom is -0.489 e. The number of pyridine rings is 2. The van der Waals surface area contributed by atoms with E-state index in [0.29, 0.717) is 17.3 Å². The summed E-state index contributed by atoms with van der Waals surface area (Å²) >= 11 is 5.98. The summed E-state index contributed by atoms with van der Waals surface area (Å²) in [7, 11) is 0. The van der Waals surface area contributed by atoms with E-state index in [9.17, 15) is 5.11 Å². The third-order valence-electron chi connectivity index (χ3n) is 6.17. The maximum absolute atomic E-state index is 10.2. The monoisotopic (exact) mass is 637 g/mol. The van der Waals surface area contributed by atoms with Crippen LogP contribution in [0.5, 0.6) is 5.75 Å². The number of benzene rings is 1. The Hall–Kier alpha value is -2.44. The van der Waals surface area contributed by atoms with Crippen molar-refractivity contribution in [1.29, 1.82) is 5.26 Å². The lowest BCUT2D eigenvalue weighted by Crippen LogP contribution is -2.46. The lowest BCUT2D eigenvalue weighted by Gasteiger charge is -2.27. The summed E-state index contributed by atoms with van der Waals surface area (Å²) in [6.07, 6.45) is 6.60. The molecule has 0 radical (unpaired) electrons. The van der Waals surface area contributed by atoms with Crippen molar-refractivity contribution in [3.63, 3.8) is 0 Å². The lowest BCUT2D eigenvalue weighted by molar-refractivity contribution is 0.0986. The van der Waals surface area contributed by atoms with Gasteiger partial charge in [-0.3, -0.25) is 9.97 Å². The number of aryl methyl sites for hydroxylation is 2. The smallest absolute Gasteiger partial charge is 0.138 e. The molecule has 4 N–H and O–H groups in total. The molecular weight excluding hydrogens is 593 g/mol. The van der Waals surface area contributed by atoms with Crippen LogP contribution in [0.1, 0.15) is 69.6 Å². The first-order valence-electron chi connectivity index (χ1n) is 13.8. The van der Waals surface area contributed by atoms with Gasteiger partial charge in [0.05, 0.1) is 5.02 Å². The highest BCUT2D eigenvalue weighted by atomic mass is 35.5. The van der Waals surface area contributed by atoms with Gasteiger partial charge in [0.25, 0.3) is 0 Å². The Morgan fingerprint density at radius 2 is 1.52 bits per heavy atom. The van der Waals surface area contributed by atoms with Crippen LogP contribution in [0.3, 0.4) is 0 Å². The van der Waals surface area contributed by atoms with E-state index in [1.807, 2.05) is 44.4 Å². The summed E-state index contributed by atoms with van der Waals surface area (Å²) in [5, 5.41) is 23.1. The summed E-state index contributed by atoms with van der Waals surface area (Å²) in [6, 6.07) is 15.4. The van der Waals surface area contributed by atoms with E-state index in [1.165, 1.54) is 11.1 Å². The second kappa shape index (κ2) is 19.0. The maximum atomic E-state index is 10.2. The van der Waals surface area contributed by atoms with Gasteiger partial charge in [0.15, 0.2) is 0 Å². The molecule has 0 bridgehead atoms. The van der Waals surface area contributed by atoms with E-state index in [1.54, 1.807) is 18.2 Å². The van der Waals surface area contributed by atoms with Crippen LogP contribution in [0.2, 0.25) is 5.02 Å². The number of aromatic nitrogens is 2. The van der Waals surface area contributed by atoms with Gasteiger partial charge in [0.1, 0.15) is 30.1 Å². The Morgan fingerprint density at radius 1 is 0.976 bits per heavy atom. The second-order valence-corrected chi connectivity index (χ2v) is 11.7. The quantitative estimate of drug-likeness (QED) is 0.214. The van der Waals surface area contributed by atoms with Gasteiger partial charge in [0, 0.05) is 54.2 Å². The van der Waals surface area contributed by atoms with Crippen LogP contribution >= 0.6 is 36.4 Å². The van der Waals surface area contributed by atoms with Crippen LogP contribution in [-0.4, -0.2) is 45.4 Å². The summed E-state index contributed by atoms with van der Waals surface area (Å²) in [5.74, 6) is 0.379. The molecule has 2 heterocycles. The SMILES string of the molecule is CCc1ccnc(CC(C)(C)N)c1.CCc1ccnc(CC(C)(C)NCC(O)COc2cccc(Cl)c2C#N)c1.Cl.Cl. The molecule has 0 spiro atoms. The molecule has 0 aliphatic heterocycles. The van der Waals surface area contributed by atoms with Crippen LogP contribution in [0.25, 0.3) is 0 Å². The summed E-state index contributed by atoms with van der Waals surface area (Å²) < 4.78 is 5.58. The van der Waals surface area contributed by atoms with Gasteiger partial charge in [-0.2, -0.15) is 5.26 Å². The molecule has 42 heavy (non-hydrogen) atoms. The molecule has 1 unspecified atom stereocenters. The van der Waals surface area contributed by atoms with E-state index in [2.05, 4.69) is 55.1 Å². The average molecular weight is 639 g/mol. The lowest BCUT2D eigenvalue weighted by atomic mass is 9.96. The molecule has 10 heteroatoms. The molecule has 0 aliphatic rings. The molecule has 0 amide bonds. The summed E-state index contributed by atoms with van der Waals surface area (Å²) in [6.45, 7) is 12.9. The molecule has 1 aromatic carbocycles. The Bertz CT molecular complexity index is 1260. The molecule has 0 aliphatic carbocycles. The van der Waals surface area contributed by atoms with Gasteiger partial charge in [-0.25, -0.2) is 0 Å². The van der Waals surface area contributed by atoms with Gasteiger partial charge in [0.2, 0.25) is 0 Å². The van der Waals surface area contributed by atoms with Crippen molar-refractivity contribution in [2.75, 3.05) is 13.2 Å². The number of hydrogen-bond acceptors (Lipinski definition) is 7. The number of halogens is 3. The molecule has 7 nitrogen and oxygen atoms in total. The Kier molecular flexibility index (Phi) is 17.9. The fraction of sp³-hybridized carbons (Fsp3) is 0.469. The van der Waals surface area contributed by atoms with Crippen molar-refractivity contribution >= 4 is 36.4 Å². The van der Waals surface area contributed by atoms with Crippen molar-refractivity contribution in [2.45, 2.75) is 84.4 Å². The third-order valence-corrected chi connectivity index (χ3v) is 6.49.